The minimum atomic E-state index is -3.24. The van der Waals surface area contributed by atoms with Crippen molar-refractivity contribution >= 4 is 58.5 Å². The number of aryl methyl sites for hydroxylation is 2. The highest BCUT2D eigenvalue weighted by Crippen LogP contribution is 2.33. The Balaban J connectivity index is 0.000000208. The van der Waals surface area contributed by atoms with Gasteiger partial charge in [0.05, 0.1) is 30.9 Å². The summed E-state index contributed by atoms with van der Waals surface area (Å²) in [6, 6.07) is 13.3. The number of hydrogen-bond acceptors (Lipinski definition) is 13. The molecule has 3 heterocycles. The molecular weight excluding hydrogens is 621 g/mol. The van der Waals surface area contributed by atoms with Crippen molar-refractivity contribution in [3.63, 3.8) is 0 Å². The van der Waals surface area contributed by atoms with Crippen molar-refractivity contribution in [2.24, 2.45) is 0 Å². The molecule has 0 unspecified atom stereocenters. The SMILES string of the molecule is Cc1nc(N)sc1-c1ccc(S(C)(=O)=O)cc1.Cc1nc(NC(=O)Cn2cnnn2)sc1-c1ccc(S(C)(=O)=O)cc1. The Bertz CT molecular complexity index is 1920. The normalized spacial score (nSPS) is 11.5. The number of thiazole rings is 2. The first-order valence-electron chi connectivity index (χ1n) is 12.0. The van der Waals surface area contributed by atoms with Gasteiger partial charge in [0.1, 0.15) is 12.9 Å². The van der Waals surface area contributed by atoms with E-state index in [0.29, 0.717) is 15.2 Å². The van der Waals surface area contributed by atoms with Crippen LogP contribution < -0.4 is 11.1 Å². The van der Waals surface area contributed by atoms with Crippen LogP contribution >= 0.6 is 22.7 Å². The number of nitrogens with one attached hydrogen (secondary N) is 1. The van der Waals surface area contributed by atoms with Crippen LogP contribution in [0.5, 0.6) is 0 Å². The van der Waals surface area contributed by atoms with Gasteiger partial charge in [-0.25, -0.2) is 31.5 Å². The average Bonchev–Trinajstić information content (AvgIpc) is 3.64. The van der Waals surface area contributed by atoms with Crippen molar-refractivity contribution in [3.05, 3.63) is 66.2 Å². The number of anilines is 2. The highest BCUT2D eigenvalue weighted by molar-refractivity contribution is 7.91. The minimum Gasteiger partial charge on any atom is -0.375 e. The van der Waals surface area contributed by atoms with E-state index in [1.54, 1.807) is 48.5 Å². The topological polar surface area (TPSA) is 193 Å². The van der Waals surface area contributed by atoms with E-state index >= 15 is 0 Å². The predicted molar refractivity (Wildman–Crippen MR) is 162 cm³/mol. The molecule has 3 aromatic heterocycles. The van der Waals surface area contributed by atoms with Crippen molar-refractivity contribution in [1.82, 2.24) is 30.2 Å². The van der Waals surface area contributed by atoms with Crippen LogP contribution in [-0.4, -0.2) is 65.4 Å². The first kappa shape index (κ1) is 30.9. The molecule has 0 atom stereocenters. The van der Waals surface area contributed by atoms with Crippen LogP contribution in [0.4, 0.5) is 10.3 Å². The van der Waals surface area contributed by atoms with Gasteiger partial charge in [0.25, 0.3) is 0 Å². The number of nitrogens with zero attached hydrogens (tertiary/aromatic N) is 6. The number of nitrogen functional groups attached to an aromatic ring is 1. The van der Waals surface area contributed by atoms with Gasteiger partial charge in [-0.15, -0.1) is 5.10 Å². The third-order valence-corrected chi connectivity index (χ3v) is 10.1. The van der Waals surface area contributed by atoms with Crippen molar-refractivity contribution < 1.29 is 21.6 Å². The highest BCUT2D eigenvalue weighted by atomic mass is 32.2. The number of carbonyl (C=O) groups is 1. The molecule has 220 valence electrons. The fraction of sp³-hybridized carbons (Fsp3) is 0.200. The molecule has 0 aliphatic rings. The number of aromatic nitrogens is 6. The van der Waals surface area contributed by atoms with Crippen molar-refractivity contribution in [2.75, 3.05) is 23.6 Å². The van der Waals surface area contributed by atoms with Gasteiger partial charge in [-0.05, 0) is 59.7 Å². The van der Waals surface area contributed by atoms with Crippen molar-refractivity contribution in [2.45, 2.75) is 30.2 Å². The molecule has 2 aromatic carbocycles. The maximum Gasteiger partial charge on any atom is 0.248 e. The monoisotopic (exact) mass is 646 g/mol. The largest absolute Gasteiger partial charge is 0.375 e. The fourth-order valence-electron chi connectivity index (χ4n) is 3.67. The van der Waals surface area contributed by atoms with Gasteiger partial charge in [-0.2, -0.15) is 0 Å². The third-order valence-electron chi connectivity index (χ3n) is 5.64. The molecule has 5 rings (SSSR count). The number of rotatable bonds is 7. The second-order valence-corrected chi connectivity index (χ2v) is 15.1. The van der Waals surface area contributed by atoms with Crippen LogP contribution in [0.1, 0.15) is 11.4 Å². The summed E-state index contributed by atoms with van der Waals surface area (Å²) in [4.78, 5) is 22.8. The van der Waals surface area contributed by atoms with Crippen LogP contribution in [0.15, 0.2) is 64.6 Å². The second-order valence-electron chi connectivity index (χ2n) is 9.05. The summed E-state index contributed by atoms with van der Waals surface area (Å²) in [5, 5.41) is 14.2. The number of nitrogens with two attached hydrogens (primary N) is 1. The van der Waals surface area contributed by atoms with Gasteiger partial charge in [-0.3, -0.25) is 4.79 Å². The average molecular weight is 647 g/mol. The molecule has 0 aliphatic carbocycles. The minimum absolute atomic E-state index is 0.00990. The standard InChI is InChI=1S/C14H14N6O3S2.C11H12N2O2S2/c1-9-13(10-3-5-11(6-4-10)25(2,22)23)24-14(16-9)17-12(21)7-20-8-15-18-19-20;1-7-10(16-11(12)13-7)8-3-5-9(6-4-8)17(2,14)15/h3-6,8H,7H2,1-2H3,(H,16,17,21);3-6H,1-2H3,(H2,12,13). The first-order valence-corrected chi connectivity index (χ1v) is 17.4. The van der Waals surface area contributed by atoms with Gasteiger partial charge >= 0.3 is 0 Å². The van der Waals surface area contributed by atoms with E-state index in [-0.39, 0.29) is 17.3 Å². The van der Waals surface area contributed by atoms with Crippen LogP contribution in [0.25, 0.3) is 20.9 Å². The first-order chi connectivity index (χ1) is 19.7. The summed E-state index contributed by atoms with van der Waals surface area (Å²) in [5.41, 5.74) is 9.00. The Morgan fingerprint density at radius 3 is 1.76 bits per heavy atom. The summed E-state index contributed by atoms with van der Waals surface area (Å²) < 4.78 is 47.0. The lowest BCUT2D eigenvalue weighted by Crippen LogP contribution is -2.19. The summed E-state index contributed by atoms with van der Waals surface area (Å²) in [6.07, 6.45) is 3.71. The molecule has 13 nitrogen and oxygen atoms in total. The molecule has 3 N–H and O–H groups in total. The van der Waals surface area contributed by atoms with Crippen molar-refractivity contribution in [1.29, 1.82) is 0 Å². The van der Waals surface area contributed by atoms with E-state index in [9.17, 15) is 21.6 Å². The molecule has 42 heavy (non-hydrogen) atoms. The number of benzene rings is 2. The summed E-state index contributed by atoms with van der Waals surface area (Å²) in [7, 11) is -6.38. The van der Waals surface area contributed by atoms with Crippen LogP contribution in [0.2, 0.25) is 0 Å². The van der Waals surface area contributed by atoms with E-state index in [0.717, 1.165) is 38.5 Å². The smallest absolute Gasteiger partial charge is 0.248 e. The molecule has 0 aliphatic heterocycles. The summed E-state index contributed by atoms with van der Waals surface area (Å²) >= 11 is 2.71. The lowest BCUT2D eigenvalue weighted by Gasteiger charge is -2.01. The molecule has 0 saturated carbocycles. The second kappa shape index (κ2) is 12.4. The van der Waals surface area contributed by atoms with Gasteiger partial charge < -0.3 is 11.1 Å². The Morgan fingerprint density at radius 1 is 0.833 bits per heavy atom. The molecule has 0 spiro atoms. The third kappa shape index (κ3) is 7.81. The summed E-state index contributed by atoms with van der Waals surface area (Å²) in [5.74, 6) is -0.292. The summed E-state index contributed by atoms with van der Waals surface area (Å²) in [6.45, 7) is 3.70. The molecule has 0 radical (unpaired) electrons. The number of sulfone groups is 2. The molecular formula is C25H26N8O5S4. The lowest BCUT2D eigenvalue weighted by molar-refractivity contribution is -0.116. The molecule has 0 bridgehead atoms. The quantitative estimate of drug-likeness (QED) is 0.264. The molecule has 0 fully saturated rings. The van der Waals surface area contributed by atoms with Crippen LogP contribution in [0.3, 0.4) is 0 Å². The van der Waals surface area contributed by atoms with E-state index in [4.69, 9.17) is 5.73 Å². The number of carbonyl (C=O) groups excluding carboxylic acids is 1. The van der Waals surface area contributed by atoms with Crippen LogP contribution in [-0.2, 0) is 31.0 Å². The molecule has 5 aromatic rings. The highest BCUT2D eigenvalue weighted by Gasteiger charge is 2.14. The Hall–Kier alpha value is -4.06. The predicted octanol–water partition coefficient (Wildman–Crippen LogP) is 3.25. The molecule has 0 saturated heterocycles. The lowest BCUT2D eigenvalue weighted by atomic mass is 10.2. The van der Waals surface area contributed by atoms with Crippen LogP contribution in [0, 0.1) is 13.8 Å². The molecule has 1 amide bonds. The Morgan fingerprint density at radius 2 is 1.33 bits per heavy atom. The Kier molecular flexibility index (Phi) is 9.15. The van der Waals surface area contributed by atoms with E-state index in [1.807, 2.05) is 13.8 Å². The number of hydrogen-bond donors (Lipinski definition) is 2. The zero-order valence-electron chi connectivity index (χ0n) is 22.8. The number of amides is 1. The zero-order chi connectivity index (χ0) is 30.7. The van der Waals surface area contributed by atoms with Gasteiger partial charge in [0, 0.05) is 12.5 Å². The van der Waals surface area contributed by atoms with Gasteiger partial charge in [0.15, 0.2) is 29.9 Å². The maximum atomic E-state index is 12.0. The Labute approximate surface area is 250 Å². The maximum absolute atomic E-state index is 12.0. The zero-order valence-corrected chi connectivity index (χ0v) is 26.1. The molecule has 17 heteroatoms. The fourth-order valence-corrected chi connectivity index (χ4v) is 6.76. The van der Waals surface area contributed by atoms with E-state index in [2.05, 4.69) is 30.8 Å². The van der Waals surface area contributed by atoms with Gasteiger partial charge in [-0.1, -0.05) is 46.9 Å². The van der Waals surface area contributed by atoms with Gasteiger partial charge in [0.2, 0.25) is 5.91 Å². The van der Waals surface area contributed by atoms with Crippen molar-refractivity contribution in [3.8, 4) is 20.9 Å². The van der Waals surface area contributed by atoms with E-state index < -0.39 is 19.7 Å². The van der Waals surface area contributed by atoms with E-state index in [1.165, 1.54) is 39.9 Å². The number of tetrazole rings is 1.